The summed E-state index contributed by atoms with van der Waals surface area (Å²) in [6.45, 7) is 0. The Hall–Kier alpha value is -1.30. The Balaban J connectivity index is 0.00000200. The third kappa shape index (κ3) is 4.37. The second-order valence-electron chi connectivity index (χ2n) is 4.07. The number of aromatic nitrogens is 2. The molecule has 1 aromatic heterocycles. The summed E-state index contributed by atoms with van der Waals surface area (Å²) in [4.78, 5) is 9.95. The average molecular weight is 336 g/mol. The van der Waals surface area contributed by atoms with Crippen LogP contribution in [0.5, 0.6) is 0 Å². The van der Waals surface area contributed by atoms with Crippen molar-refractivity contribution < 1.29 is 4.52 Å². The van der Waals surface area contributed by atoms with Crippen molar-refractivity contribution in [2.45, 2.75) is 6.42 Å². The first-order valence-corrected chi connectivity index (χ1v) is 6.28. The molecule has 0 aliphatic rings. The first kappa shape index (κ1) is 16.8. The van der Waals surface area contributed by atoms with Gasteiger partial charge in [0.05, 0.1) is 12.8 Å². The first-order chi connectivity index (χ1) is 9.06. The molecule has 1 heterocycles. The number of hydrogen-bond donors (Lipinski definition) is 0. The highest BCUT2D eigenvalue weighted by molar-refractivity contribution is 6.36. The van der Waals surface area contributed by atoms with Crippen LogP contribution in [0.25, 0.3) is 0 Å². The molecule has 108 valence electrons. The van der Waals surface area contributed by atoms with E-state index in [1.54, 1.807) is 29.4 Å². The van der Waals surface area contributed by atoms with Gasteiger partial charge in [0, 0.05) is 24.1 Å². The molecule has 2 aromatic rings. The van der Waals surface area contributed by atoms with E-state index in [-0.39, 0.29) is 18.4 Å². The quantitative estimate of drug-likeness (QED) is 0.632. The summed E-state index contributed by atoms with van der Waals surface area (Å²) < 4.78 is 5.10. The fraction of sp³-hybridized carbons (Fsp3) is 0.250. The van der Waals surface area contributed by atoms with Crippen molar-refractivity contribution in [3.63, 3.8) is 0 Å². The molecule has 1 aromatic carbocycles. The predicted octanol–water partition coefficient (Wildman–Crippen LogP) is 3.61. The fourth-order valence-electron chi connectivity index (χ4n) is 1.39. The fourth-order valence-corrected chi connectivity index (χ4v) is 1.92. The van der Waals surface area contributed by atoms with Gasteiger partial charge in [-0.2, -0.15) is 9.98 Å². The number of rotatable bonds is 4. The molecule has 0 unspecified atom stereocenters. The normalized spacial score (nSPS) is 10.6. The lowest BCUT2D eigenvalue weighted by molar-refractivity contribution is 0.385. The molecule has 8 heteroatoms. The predicted molar refractivity (Wildman–Crippen MR) is 82.7 cm³/mol. The van der Waals surface area contributed by atoms with Crippen molar-refractivity contribution in [1.29, 1.82) is 0 Å². The zero-order valence-corrected chi connectivity index (χ0v) is 13.2. The highest BCUT2D eigenvalue weighted by Crippen LogP contribution is 2.26. The molecule has 2 rings (SSSR count). The smallest absolute Gasteiger partial charge is 0.291 e. The third-order valence-electron chi connectivity index (χ3n) is 2.25. The average Bonchev–Trinajstić information content (AvgIpc) is 2.79. The van der Waals surface area contributed by atoms with E-state index in [4.69, 9.17) is 27.7 Å². The van der Waals surface area contributed by atoms with Crippen LogP contribution in [0.4, 0.5) is 5.95 Å². The van der Waals surface area contributed by atoms with Gasteiger partial charge in [-0.25, -0.2) is 0 Å². The van der Waals surface area contributed by atoms with Gasteiger partial charge in [0.25, 0.3) is 5.95 Å². The Labute approximate surface area is 133 Å². The molecule has 0 bridgehead atoms. The monoisotopic (exact) mass is 334 g/mol. The van der Waals surface area contributed by atoms with Crippen molar-refractivity contribution in [1.82, 2.24) is 15.0 Å². The van der Waals surface area contributed by atoms with Crippen molar-refractivity contribution in [2.24, 2.45) is 4.99 Å². The molecular formula is C12H13Cl3N4O. The zero-order chi connectivity index (χ0) is 13.8. The lowest BCUT2D eigenvalue weighted by Crippen LogP contribution is -2.07. The van der Waals surface area contributed by atoms with Crippen LogP contribution >= 0.6 is 35.6 Å². The van der Waals surface area contributed by atoms with E-state index in [0.717, 1.165) is 5.56 Å². The molecule has 0 spiro atoms. The summed E-state index contributed by atoms with van der Waals surface area (Å²) in [5, 5.41) is 4.89. The lowest BCUT2D eigenvalue weighted by atomic mass is 10.1. The maximum atomic E-state index is 6.08. The van der Waals surface area contributed by atoms with Crippen LogP contribution in [0.15, 0.2) is 27.7 Å². The maximum absolute atomic E-state index is 6.08. The summed E-state index contributed by atoms with van der Waals surface area (Å²) in [5.74, 6) is 0.688. The van der Waals surface area contributed by atoms with E-state index in [9.17, 15) is 0 Å². The molecular weight excluding hydrogens is 323 g/mol. The maximum Gasteiger partial charge on any atom is 0.291 e. The van der Waals surface area contributed by atoms with Crippen LogP contribution < -0.4 is 0 Å². The van der Waals surface area contributed by atoms with Crippen LogP contribution in [0.3, 0.4) is 0 Å². The largest absolute Gasteiger partial charge is 0.369 e. The molecule has 0 saturated heterocycles. The molecule has 0 amide bonds. The van der Waals surface area contributed by atoms with Gasteiger partial charge in [-0.1, -0.05) is 29.3 Å². The standard InChI is InChI=1S/C12H12Cl2N4O.ClH/c1-18(2)7-15-12-16-11(19-17-12)6-8-9(13)4-3-5-10(8)14;/h3-5,7H,6H2,1-2H3;1H/b15-7+;. The van der Waals surface area contributed by atoms with E-state index in [2.05, 4.69) is 15.1 Å². The van der Waals surface area contributed by atoms with Gasteiger partial charge in [-0.15, -0.1) is 12.4 Å². The van der Waals surface area contributed by atoms with Gasteiger partial charge in [0.15, 0.2) is 0 Å². The third-order valence-corrected chi connectivity index (χ3v) is 2.96. The SMILES string of the molecule is CN(C)/C=N/c1noc(Cc2c(Cl)cccc2Cl)n1.Cl. The van der Waals surface area contributed by atoms with Crippen molar-refractivity contribution in [2.75, 3.05) is 14.1 Å². The summed E-state index contributed by atoms with van der Waals surface area (Å²) in [7, 11) is 3.71. The van der Waals surface area contributed by atoms with E-state index in [0.29, 0.717) is 22.4 Å². The summed E-state index contributed by atoms with van der Waals surface area (Å²) in [6, 6.07) is 5.32. The molecule has 20 heavy (non-hydrogen) atoms. The Morgan fingerprint density at radius 3 is 2.55 bits per heavy atom. The topological polar surface area (TPSA) is 54.5 Å². The number of hydrogen-bond acceptors (Lipinski definition) is 4. The van der Waals surface area contributed by atoms with Crippen LogP contribution in [-0.4, -0.2) is 35.5 Å². The number of benzene rings is 1. The van der Waals surface area contributed by atoms with Crippen molar-refractivity contribution in [3.05, 3.63) is 39.7 Å². The molecule has 0 atom stereocenters. The van der Waals surface area contributed by atoms with E-state index in [1.807, 2.05) is 14.1 Å². The molecule has 0 N–H and O–H groups in total. The Morgan fingerprint density at radius 1 is 1.30 bits per heavy atom. The van der Waals surface area contributed by atoms with Crippen molar-refractivity contribution in [3.8, 4) is 0 Å². The second kappa shape index (κ2) is 7.47. The molecule has 0 radical (unpaired) electrons. The molecule has 0 aliphatic heterocycles. The zero-order valence-electron chi connectivity index (χ0n) is 10.9. The minimum Gasteiger partial charge on any atom is -0.369 e. The minimum absolute atomic E-state index is 0. The number of halogens is 3. The Bertz CT molecular complexity index is 578. The highest BCUT2D eigenvalue weighted by atomic mass is 35.5. The van der Waals surface area contributed by atoms with E-state index in [1.165, 1.54) is 0 Å². The van der Waals surface area contributed by atoms with Gasteiger partial charge < -0.3 is 9.42 Å². The Morgan fingerprint density at radius 2 is 1.95 bits per heavy atom. The van der Waals surface area contributed by atoms with E-state index >= 15 is 0 Å². The van der Waals surface area contributed by atoms with Crippen LogP contribution in [-0.2, 0) is 6.42 Å². The number of aliphatic imine (C=N–C) groups is 1. The van der Waals surface area contributed by atoms with E-state index < -0.39 is 0 Å². The van der Waals surface area contributed by atoms with Gasteiger partial charge >= 0.3 is 0 Å². The van der Waals surface area contributed by atoms with Gasteiger partial charge in [-0.05, 0) is 22.9 Å². The van der Waals surface area contributed by atoms with Gasteiger partial charge in [0.1, 0.15) is 0 Å². The summed E-state index contributed by atoms with van der Waals surface area (Å²) in [5.41, 5.74) is 0.762. The Kier molecular flexibility index (Phi) is 6.26. The second-order valence-corrected chi connectivity index (χ2v) is 4.89. The first-order valence-electron chi connectivity index (χ1n) is 5.52. The minimum atomic E-state index is 0. The molecule has 5 nitrogen and oxygen atoms in total. The lowest BCUT2D eigenvalue weighted by Gasteiger charge is -2.02. The van der Waals surface area contributed by atoms with Gasteiger partial charge in [0.2, 0.25) is 5.89 Å². The summed E-state index contributed by atoms with van der Waals surface area (Å²) >= 11 is 12.2. The summed E-state index contributed by atoms with van der Waals surface area (Å²) in [6.07, 6.45) is 1.97. The van der Waals surface area contributed by atoms with Crippen LogP contribution in [0, 0.1) is 0 Å². The van der Waals surface area contributed by atoms with Crippen molar-refractivity contribution >= 4 is 47.9 Å². The van der Waals surface area contributed by atoms with Crippen LogP contribution in [0.2, 0.25) is 10.0 Å². The molecule has 0 saturated carbocycles. The molecule has 0 fully saturated rings. The van der Waals surface area contributed by atoms with Gasteiger partial charge in [-0.3, -0.25) is 0 Å². The number of nitrogens with zero attached hydrogens (tertiary/aromatic N) is 4. The molecule has 0 aliphatic carbocycles. The van der Waals surface area contributed by atoms with Crippen LogP contribution in [0.1, 0.15) is 11.5 Å². The highest BCUT2D eigenvalue weighted by Gasteiger charge is 2.11.